The zero-order valence-electron chi connectivity index (χ0n) is 11.6. The summed E-state index contributed by atoms with van der Waals surface area (Å²) in [6.45, 7) is 8.15. The van der Waals surface area contributed by atoms with Crippen molar-refractivity contribution in [1.29, 1.82) is 0 Å². The molecule has 0 aromatic heterocycles. The van der Waals surface area contributed by atoms with Crippen molar-refractivity contribution in [2.45, 2.75) is 40.5 Å². The second-order valence-corrected chi connectivity index (χ2v) is 5.22. The van der Waals surface area contributed by atoms with Crippen LogP contribution in [0.3, 0.4) is 0 Å². The van der Waals surface area contributed by atoms with Crippen LogP contribution in [-0.4, -0.2) is 17.7 Å². The third-order valence-electron chi connectivity index (χ3n) is 3.16. The molecule has 1 aromatic rings. The standard InChI is InChI=1S/C15H22O3/c1-5-18-13-7-6-12(10-11(13)2)8-9-15(3,4)14(16)17/h6-7,10H,5,8-9H2,1-4H3,(H,16,17). The summed E-state index contributed by atoms with van der Waals surface area (Å²) in [4.78, 5) is 11.0. The van der Waals surface area contributed by atoms with Crippen LogP contribution in [-0.2, 0) is 11.2 Å². The topological polar surface area (TPSA) is 46.5 Å². The molecule has 0 radical (unpaired) electrons. The number of hydrogen-bond acceptors (Lipinski definition) is 2. The Morgan fingerprint density at radius 2 is 2.06 bits per heavy atom. The van der Waals surface area contributed by atoms with Crippen molar-refractivity contribution < 1.29 is 14.6 Å². The lowest BCUT2D eigenvalue weighted by molar-refractivity contribution is -0.147. The Kier molecular flexibility index (Phi) is 4.76. The fraction of sp³-hybridized carbons (Fsp3) is 0.533. The van der Waals surface area contributed by atoms with Crippen molar-refractivity contribution in [2.75, 3.05) is 6.61 Å². The number of carboxylic acid groups (broad SMARTS) is 1. The first-order valence-corrected chi connectivity index (χ1v) is 6.32. The van der Waals surface area contributed by atoms with Crippen LogP contribution in [0.1, 0.15) is 38.3 Å². The second kappa shape index (κ2) is 5.89. The van der Waals surface area contributed by atoms with Gasteiger partial charge in [0, 0.05) is 0 Å². The van der Waals surface area contributed by atoms with E-state index >= 15 is 0 Å². The number of rotatable bonds is 6. The average molecular weight is 250 g/mol. The van der Waals surface area contributed by atoms with Crippen LogP contribution < -0.4 is 4.74 Å². The highest BCUT2D eigenvalue weighted by molar-refractivity contribution is 5.73. The van der Waals surface area contributed by atoms with Crippen molar-refractivity contribution in [3.63, 3.8) is 0 Å². The minimum Gasteiger partial charge on any atom is -0.494 e. The normalized spacial score (nSPS) is 11.3. The van der Waals surface area contributed by atoms with E-state index in [9.17, 15) is 4.79 Å². The summed E-state index contributed by atoms with van der Waals surface area (Å²) in [5.41, 5.74) is 1.58. The quantitative estimate of drug-likeness (QED) is 0.841. The summed E-state index contributed by atoms with van der Waals surface area (Å²) in [6.07, 6.45) is 1.41. The van der Waals surface area contributed by atoms with E-state index in [0.29, 0.717) is 13.0 Å². The van der Waals surface area contributed by atoms with Crippen molar-refractivity contribution in [2.24, 2.45) is 5.41 Å². The highest BCUT2D eigenvalue weighted by Crippen LogP contribution is 2.25. The predicted octanol–water partition coefficient (Wildman–Crippen LogP) is 3.44. The number of carbonyl (C=O) groups is 1. The second-order valence-electron chi connectivity index (χ2n) is 5.22. The Hall–Kier alpha value is -1.51. The summed E-state index contributed by atoms with van der Waals surface area (Å²) in [7, 11) is 0. The first-order valence-electron chi connectivity index (χ1n) is 6.32. The van der Waals surface area contributed by atoms with Crippen molar-refractivity contribution in [1.82, 2.24) is 0 Å². The van der Waals surface area contributed by atoms with Gasteiger partial charge in [0.2, 0.25) is 0 Å². The van der Waals surface area contributed by atoms with Crippen molar-refractivity contribution in [3.05, 3.63) is 29.3 Å². The zero-order valence-corrected chi connectivity index (χ0v) is 11.6. The zero-order chi connectivity index (χ0) is 13.8. The maximum Gasteiger partial charge on any atom is 0.309 e. The molecule has 0 aliphatic rings. The Morgan fingerprint density at radius 1 is 1.39 bits per heavy atom. The molecule has 1 aromatic carbocycles. The minimum atomic E-state index is -0.745. The number of carboxylic acids is 1. The Labute approximate surface area is 109 Å². The summed E-state index contributed by atoms with van der Waals surface area (Å²) in [6, 6.07) is 6.04. The Bertz CT molecular complexity index is 422. The van der Waals surface area contributed by atoms with Gasteiger partial charge in [-0.3, -0.25) is 4.79 Å². The molecule has 1 N–H and O–H groups in total. The number of aryl methyl sites for hydroxylation is 2. The molecule has 0 atom stereocenters. The van der Waals surface area contributed by atoms with E-state index < -0.39 is 11.4 Å². The fourth-order valence-corrected chi connectivity index (χ4v) is 1.75. The van der Waals surface area contributed by atoms with E-state index in [1.54, 1.807) is 13.8 Å². The van der Waals surface area contributed by atoms with E-state index in [1.165, 1.54) is 0 Å². The maximum atomic E-state index is 11.0. The van der Waals surface area contributed by atoms with Gasteiger partial charge < -0.3 is 9.84 Å². The van der Waals surface area contributed by atoms with Crippen LogP contribution in [0.2, 0.25) is 0 Å². The molecule has 0 aliphatic carbocycles. The number of ether oxygens (including phenoxy) is 1. The lowest BCUT2D eigenvalue weighted by atomic mass is 9.86. The summed E-state index contributed by atoms with van der Waals surface area (Å²) >= 11 is 0. The molecule has 0 heterocycles. The van der Waals surface area contributed by atoms with Crippen LogP contribution in [0.5, 0.6) is 5.75 Å². The van der Waals surface area contributed by atoms with E-state index in [2.05, 4.69) is 6.07 Å². The van der Waals surface area contributed by atoms with Gasteiger partial charge in [0.15, 0.2) is 0 Å². The van der Waals surface area contributed by atoms with Crippen molar-refractivity contribution in [3.8, 4) is 5.75 Å². The van der Waals surface area contributed by atoms with Crippen molar-refractivity contribution >= 4 is 5.97 Å². The molecule has 0 spiro atoms. The van der Waals surface area contributed by atoms with E-state index in [0.717, 1.165) is 23.3 Å². The summed E-state index contributed by atoms with van der Waals surface area (Å²) in [5.74, 6) is 0.156. The van der Waals surface area contributed by atoms with Gasteiger partial charge in [-0.05, 0) is 57.7 Å². The summed E-state index contributed by atoms with van der Waals surface area (Å²) in [5, 5.41) is 9.07. The molecule has 0 saturated heterocycles. The monoisotopic (exact) mass is 250 g/mol. The van der Waals surface area contributed by atoms with E-state index in [-0.39, 0.29) is 0 Å². The van der Waals surface area contributed by atoms with Gasteiger partial charge in [-0.25, -0.2) is 0 Å². The molecule has 100 valence electrons. The molecule has 0 aliphatic heterocycles. The predicted molar refractivity (Wildman–Crippen MR) is 72.1 cm³/mol. The molecule has 0 bridgehead atoms. The molecule has 3 nitrogen and oxygen atoms in total. The number of benzene rings is 1. The largest absolute Gasteiger partial charge is 0.494 e. The highest BCUT2D eigenvalue weighted by Gasteiger charge is 2.26. The third-order valence-corrected chi connectivity index (χ3v) is 3.16. The first-order chi connectivity index (χ1) is 8.36. The SMILES string of the molecule is CCOc1ccc(CCC(C)(C)C(=O)O)cc1C. The lowest BCUT2D eigenvalue weighted by Crippen LogP contribution is -2.24. The lowest BCUT2D eigenvalue weighted by Gasteiger charge is -2.19. The molecule has 0 amide bonds. The molecule has 18 heavy (non-hydrogen) atoms. The number of aliphatic carboxylic acids is 1. The van der Waals surface area contributed by atoms with Crippen LogP contribution in [0.25, 0.3) is 0 Å². The maximum absolute atomic E-state index is 11.0. The molecule has 3 heteroatoms. The molecule has 0 fully saturated rings. The smallest absolute Gasteiger partial charge is 0.309 e. The molecular weight excluding hydrogens is 228 g/mol. The van der Waals surface area contributed by atoms with Gasteiger partial charge >= 0.3 is 5.97 Å². The van der Waals surface area contributed by atoms with Gasteiger partial charge in [0.05, 0.1) is 12.0 Å². The fourth-order valence-electron chi connectivity index (χ4n) is 1.75. The first kappa shape index (κ1) is 14.6. The average Bonchev–Trinajstić information content (AvgIpc) is 2.30. The van der Waals surface area contributed by atoms with Gasteiger partial charge in [-0.1, -0.05) is 12.1 Å². The third kappa shape index (κ3) is 3.76. The van der Waals surface area contributed by atoms with Crippen LogP contribution in [0, 0.1) is 12.3 Å². The van der Waals surface area contributed by atoms with Crippen LogP contribution in [0.4, 0.5) is 0 Å². The van der Waals surface area contributed by atoms with E-state index in [4.69, 9.17) is 9.84 Å². The minimum absolute atomic E-state index is 0.635. The van der Waals surface area contributed by atoms with Crippen LogP contribution >= 0.6 is 0 Å². The Balaban J connectivity index is 2.69. The van der Waals surface area contributed by atoms with Gasteiger partial charge in [0.1, 0.15) is 5.75 Å². The number of hydrogen-bond donors (Lipinski definition) is 1. The molecule has 1 rings (SSSR count). The van der Waals surface area contributed by atoms with Gasteiger partial charge in [-0.15, -0.1) is 0 Å². The van der Waals surface area contributed by atoms with Gasteiger partial charge in [-0.2, -0.15) is 0 Å². The van der Waals surface area contributed by atoms with Crippen LogP contribution in [0.15, 0.2) is 18.2 Å². The molecule has 0 unspecified atom stereocenters. The molecular formula is C15H22O3. The highest BCUT2D eigenvalue weighted by atomic mass is 16.5. The summed E-state index contributed by atoms with van der Waals surface area (Å²) < 4.78 is 5.48. The van der Waals surface area contributed by atoms with Gasteiger partial charge in [0.25, 0.3) is 0 Å². The Morgan fingerprint density at radius 3 is 2.56 bits per heavy atom. The van der Waals surface area contributed by atoms with E-state index in [1.807, 2.05) is 26.0 Å². The molecule has 0 saturated carbocycles.